The summed E-state index contributed by atoms with van der Waals surface area (Å²) in [4.78, 5) is 11.1. The first kappa shape index (κ1) is 11.4. The van der Waals surface area contributed by atoms with Crippen LogP contribution in [0.5, 0.6) is 0 Å². The molecule has 3 N–H and O–H groups in total. The molecule has 0 aromatic rings. The second kappa shape index (κ2) is 7.10. The molecule has 12 heavy (non-hydrogen) atoms. The van der Waals surface area contributed by atoms with E-state index < -0.39 is 0 Å². The lowest BCUT2D eigenvalue weighted by molar-refractivity contribution is -0.121. The Morgan fingerprint density at radius 2 is 2.00 bits per heavy atom. The van der Waals surface area contributed by atoms with E-state index in [2.05, 4.69) is 5.32 Å². The Balaban J connectivity index is 3.20. The first-order valence-corrected chi connectivity index (χ1v) is 4.66. The van der Waals surface area contributed by atoms with E-state index in [4.69, 9.17) is 5.73 Å². The summed E-state index contributed by atoms with van der Waals surface area (Å²) in [5.41, 5.74) is 5.33. The van der Waals surface area contributed by atoms with Crippen molar-refractivity contribution in [3.05, 3.63) is 0 Å². The van der Waals surface area contributed by atoms with Gasteiger partial charge in [-0.2, -0.15) is 0 Å². The molecule has 0 fully saturated rings. The van der Waals surface area contributed by atoms with Gasteiger partial charge in [-0.15, -0.1) is 0 Å². The monoisotopic (exact) mass is 172 g/mol. The van der Waals surface area contributed by atoms with Crippen molar-refractivity contribution in [1.29, 1.82) is 0 Å². The molecule has 0 radical (unpaired) electrons. The number of rotatable bonds is 6. The van der Waals surface area contributed by atoms with E-state index in [9.17, 15) is 4.79 Å². The zero-order valence-corrected chi connectivity index (χ0v) is 8.10. The van der Waals surface area contributed by atoms with Crippen LogP contribution in [-0.2, 0) is 4.79 Å². The second-order valence-electron chi connectivity index (χ2n) is 3.32. The maximum atomic E-state index is 11.1. The van der Waals surface area contributed by atoms with Gasteiger partial charge in [0.15, 0.2) is 0 Å². The molecule has 0 aromatic carbocycles. The van der Waals surface area contributed by atoms with Gasteiger partial charge < -0.3 is 11.1 Å². The normalized spacial score (nSPS) is 10.3. The van der Waals surface area contributed by atoms with Gasteiger partial charge in [-0.3, -0.25) is 4.79 Å². The summed E-state index contributed by atoms with van der Waals surface area (Å²) in [5, 5.41) is 2.85. The van der Waals surface area contributed by atoms with Gasteiger partial charge in [0.2, 0.25) is 5.91 Å². The van der Waals surface area contributed by atoms with E-state index in [-0.39, 0.29) is 11.9 Å². The summed E-state index contributed by atoms with van der Waals surface area (Å²) in [6.45, 7) is 4.67. The molecule has 0 saturated heterocycles. The van der Waals surface area contributed by atoms with Crippen molar-refractivity contribution in [2.45, 2.75) is 45.6 Å². The van der Waals surface area contributed by atoms with Crippen molar-refractivity contribution < 1.29 is 4.79 Å². The Bertz CT molecular complexity index is 124. The molecule has 0 spiro atoms. The molecule has 0 aliphatic carbocycles. The van der Waals surface area contributed by atoms with Gasteiger partial charge in [0.1, 0.15) is 0 Å². The second-order valence-corrected chi connectivity index (χ2v) is 3.32. The fourth-order valence-electron chi connectivity index (χ4n) is 1.00. The van der Waals surface area contributed by atoms with Gasteiger partial charge in [-0.25, -0.2) is 0 Å². The van der Waals surface area contributed by atoms with Crippen LogP contribution in [0.1, 0.15) is 39.5 Å². The highest BCUT2D eigenvalue weighted by atomic mass is 16.1. The summed E-state index contributed by atoms with van der Waals surface area (Å²) < 4.78 is 0. The third-order valence-corrected chi connectivity index (χ3v) is 1.56. The average molecular weight is 172 g/mol. The van der Waals surface area contributed by atoms with E-state index in [1.807, 2.05) is 13.8 Å². The van der Waals surface area contributed by atoms with Crippen molar-refractivity contribution in [1.82, 2.24) is 5.32 Å². The molecular formula is C9H20N2O. The predicted octanol–water partition coefficient (Wildman–Crippen LogP) is 1.03. The Labute approximate surface area is 74.7 Å². The topological polar surface area (TPSA) is 55.1 Å². The zero-order chi connectivity index (χ0) is 9.40. The SMILES string of the molecule is CC(C)NC(=O)CCCCCN. The molecule has 0 rings (SSSR count). The lowest BCUT2D eigenvalue weighted by Crippen LogP contribution is -2.29. The number of unbranched alkanes of at least 4 members (excludes halogenated alkanes) is 2. The van der Waals surface area contributed by atoms with Crippen LogP contribution in [0, 0.1) is 0 Å². The van der Waals surface area contributed by atoms with Crippen molar-refractivity contribution in [3.8, 4) is 0 Å². The fourth-order valence-corrected chi connectivity index (χ4v) is 1.00. The highest BCUT2D eigenvalue weighted by Crippen LogP contribution is 1.98. The molecule has 0 unspecified atom stereocenters. The Morgan fingerprint density at radius 1 is 1.33 bits per heavy atom. The standard InChI is InChI=1S/C9H20N2O/c1-8(2)11-9(12)6-4-3-5-7-10/h8H,3-7,10H2,1-2H3,(H,11,12). The summed E-state index contributed by atoms with van der Waals surface area (Å²) in [5.74, 6) is 0.155. The van der Waals surface area contributed by atoms with Crippen LogP contribution < -0.4 is 11.1 Å². The molecule has 3 nitrogen and oxygen atoms in total. The smallest absolute Gasteiger partial charge is 0.220 e. The van der Waals surface area contributed by atoms with Crippen LogP contribution in [0.25, 0.3) is 0 Å². The first-order valence-electron chi connectivity index (χ1n) is 4.66. The van der Waals surface area contributed by atoms with Crippen LogP contribution in [0.2, 0.25) is 0 Å². The minimum absolute atomic E-state index is 0.155. The first-order chi connectivity index (χ1) is 5.66. The van der Waals surface area contributed by atoms with Crippen LogP contribution >= 0.6 is 0 Å². The molecule has 72 valence electrons. The Kier molecular flexibility index (Phi) is 6.76. The van der Waals surface area contributed by atoms with Crippen molar-refractivity contribution in [3.63, 3.8) is 0 Å². The Hall–Kier alpha value is -0.570. The molecule has 0 saturated carbocycles. The van der Waals surface area contributed by atoms with Gasteiger partial charge in [-0.05, 0) is 33.2 Å². The molecule has 0 heterocycles. The summed E-state index contributed by atoms with van der Waals surface area (Å²) in [6, 6.07) is 0.256. The number of nitrogens with two attached hydrogens (primary N) is 1. The minimum Gasteiger partial charge on any atom is -0.354 e. The highest BCUT2D eigenvalue weighted by Gasteiger charge is 2.01. The minimum atomic E-state index is 0.155. The van der Waals surface area contributed by atoms with Crippen LogP contribution in [0.3, 0.4) is 0 Å². The number of hydrogen-bond donors (Lipinski definition) is 2. The number of hydrogen-bond acceptors (Lipinski definition) is 2. The molecule has 0 aromatic heterocycles. The van der Waals surface area contributed by atoms with Crippen LogP contribution in [-0.4, -0.2) is 18.5 Å². The molecule has 3 heteroatoms. The van der Waals surface area contributed by atoms with Crippen LogP contribution in [0.15, 0.2) is 0 Å². The molecule has 0 atom stereocenters. The fraction of sp³-hybridized carbons (Fsp3) is 0.889. The van der Waals surface area contributed by atoms with Crippen molar-refractivity contribution >= 4 is 5.91 Å². The molecule has 0 aliphatic rings. The summed E-state index contributed by atoms with van der Waals surface area (Å²) in [7, 11) is 0. The maximum Gasteiger partial charge on any atom is 0.220 e. The zero-order valence-electron chi connectivity index (χ0n) is 8.10. The maximum absolute atomic E-state index is 11.1. The van der Waals surface area contributed by atoms with Gasteiger partial charge in [0.25, 0.3) is 0 Å². The van der Waals surface area contributed by atoms with Gasteiger partial charge in [-0.1, -0.05) is 6.42 Å². The van der Waals surface area contributed by atoms with Gasteiger partial charge in [0.05, 0.1) is 0 Å². The Morgan fingerprint density at radius 3 is 2.50 bits per heavy atom. The van der Waals surface area contributed by atoms with E-state index in [1.54, 1.807) is 0 Å². The number of nitrogens with one attached hydrogen (secondary N) is 1. The number of carbonyl (C=O) groups is 1. The van der Waals surface area contributed by atoms with E-state index in [1.165, 1.54) is 0 Å². The average Bonchev–Trinajstić information content (AvgIpc) is 1.97. The number of carbonyl (C=O) groups excluding carboxylic acids is 1. The van der Waals surface area contributed by atoms with Crippen molar-refractivity contribution in [2.24, 2.45) is 5.73 Å². The summed E-state index contributed by atoms with van der Waals surface area (Å²) >= 11 is 0. The largest absolute Gasteiger partial charge is 0.354 e. The predicted molar refractivity (Wildman–Crippen MR) is 50.8 cm³/mol. The summed E-state index contributed by atoms with van der Waals surface area (Å²) in [6.07, 6.45) is 3.67. The quantitative estimate of drug-likeness (QED) is 0.588. The van der Waals surface area contributed by atoms with Gasteiger partial charge >= 0.3 is 0 Å². The third-order valence-electron chi connectivity index (χ3n) is 1.56. The number of amides is 1. The highest BCUT2D eigenvalue weighted by molar-refractivity contribution is 5.76. The molecule has 0 bridgehead atoms. The van der Waals surface area contributed by atoms with E-state index >= 15 is 0 Å². The molecule has 0 aliphatic heterocycles. The lowest BCUT2D eigenvalue weighted by Gasteiger charge is -2.07. The van der Waals surface area contributed by atoms with Crippen molar-refractivity contribution in [2.75, 3.05) is 6.54 Å². The molecular weight excluding hydrogens is 152 g/mol. The third kappa shape index (κ3) is 7.54. The van der Waals surface area contributed by atoms with E-state index in [0.717, 1.165) is 25.8 Å². The van der Waals surface area contributed by atoms with Gasteiger partial charge in [0, 0.05) is 12.5 Å². The lowest BCUT2D eigenvalue weighted by atomic mass is 10.2. The van der Waals surface area contributed by atoms with E-state index in [0.29, 0.717) is 6.42 Å². The molecule has 1 amide bonds. The van der Waals surface area contributed by atoms with Crippen LogP contribution in [0.4, 0.5) is 0 Å².